The minimum atomic E-state index is -0.490. The second-order valence-electron chi connectivity index (χ2n) is 5.80. The van der Waals surface area contributed by atoms with E-state index in [1.807, 2.05) is 31.2 Å². The summed E-state index contributed by atoms with van der Waals surface area (Å²) in [5, 5.41) is 10.8. The molecule has 0 bridgehead atoms. The van der Waals surface area contributed by atoms with E-state index in [9.17, 15) is 9.18 Å². The van der Waals surface area contributed by atoms with E-state index in [0.717, 1.165) is 11.1 Å². The molecule has 0 saturated heterocycles. The molecule has 1 unspecified atom stereocenters. The highest BCUT2D eigenvalue weighted by atomic mass is 32.2. The zero-order chi connectivity index (χ0) is 18.7. The number of benzene rings is 2. The summed E-state index contributed by atoms with van der Waals surface area (Å²) in [5.74, 6) is 5.92. The number of hydrogen-bond acceptors (Lipinski definition) is 5. The fourth-order valence-corrected chi connectivity index (χ4v) is 3.05. The van der Waals surface area contributed by atoms with E-state index in [4.69, 9.17) is 5.84 Å². The number of nitrogens with two attached hydrogens (primary N) is 1. The average Bonchev–Trinajstić information content (AvgIpc) is 2.96. The van der Waals surface area contributed by atoms with Crippen molar-refractivity contribution in [3.63, 3.8) is 0 Å². The first-order valence-corrected chi connectivity index (χ1v) is 8.82. The molecular formula is C18H18FN5OS. The van der Waals surface area contributed by atoms with Gasteiger partial charge in [0.25, 0.3) is 0 Å². The van der Waals surface area contributed by atoms with Crippen molar-refractivity contribution >= 4 is 23.4 Å². The van der Waals surface area contributed by atoms with Crippen molar-refractivity contribution in [1.82, 2.24) is 14.9 Å². The standard InChI is InChI=1S/C18H18FN5OS/c1-11-6-8-13(9-7-11)16-22-23-18(24(16)20)26-12(2)17(25)21-15-5-3-4-14(19)10-15/h3-10,12H,20H2,1-2H3,(H,21,25). The number of nitrogens with one attached hydrogen (secondary N) is 1. The molecular weight excluding hydrogens is 353 g/mol. The van der Waals surface area contributed by atoms with E-state index < -0.39 is 11.1 Å². The molecule has 6 nitrogen and oxygen atoms in total. The van der Waals surface area contributed by atoms with E-state index in [2.05, 4.69) is 15.5 Å². The molecule has 8 heteroatoms. The van der Waals surface area contributed by atoms with Crippen molar-refractivity contribution in [2.75, 3.05) is 11.2 Å². The number of carbonyl (C=O) groups is 1. The molecule has 0 aliphatic heterocycles. The van der Waals surface area contributed by atoms with Gasteiger partial charge in [-0.3, -0.25) is 4.79 Å². The van der Waals surface area contributed by atoms with Crippen LogP contribution in [0.25, 0.3) is 11.4 Å². The van der Waals surface area contributed by atoms with Gasteiger partial charge in [-0.1, -0.05) is 47.7 Å². The summed E-state index contributed by atoms with van der Waals surface area (Å²) in [7, 11) is 0. The van der Waals surface area contributed by atoms with E-state index in [-0.39, 0.29) is 5.91 Å². The van der Waals surface area contributed by atoms with E-state index in [0.29, 0.717) is 16.7 Å². The highest BCUT2D eigenvalue weighted by molar-refractivity contribution is 8.00. The number of anilines is 1. The lowest BCUT2D eigenvalue weighted by Crippen LogP contribution is -2.23. The third-order valence-electron chi connectivity index (χ3n) is 3.72. The summed E-state index contributed by atoms with van der Waals surface area (Å²) in [4.78, 5) is 12.3. The smallest absolute Gasteiger partial charge is 0.237 e. The van der Waals surface area contributed by atoms with Gasteiger partial charge >= 0.3 is 0 Å². The van der Waals surface area contributed by atoms with Crippen LogP contribution in [0.3, 0.4) is 0 Å². The Bertz CT molecular complexity index is 926. The summed E-state index contributed by atoms with van der Waals surface area (Å²) in [6.45, 7) is 3.72. The van der Waals surface area contributed by atoms with Crippen molar-refractivity contribution in [2.24, 2.45) is 0 Å². The van der Waals surface area contributed by atoms with Crippen LogP contribution in [0.2, 0.25) is 0 Å². The zero-order valence-electron chi connectivity index (χ0n) is 14.3. The average molecular weight is 371 g/mol. The number of halogens is 1. The molecule has 0 aliphatic rings. The molecule has 0 saturated carbocycles. The first-order chi connectivity index (χ1) is 12.4. The van der Waals surface area contributed by atoms with Crippen LogP contribution in [0.4, 0.5) is 10.1 Å². The Morgan fingerprint density at radius 1 is 1.23 bits per heavy atom. The highest BCUT2D eigenvalue weighted by Crippen LogP contribution is 2.25. The lowest BCUT2D eigenvalue weighted by Gasteiger charge is -2.11. The second-order valence-corrected chi connectivity index (χ2v) is 7.11. The molecule has 2 aromatic carbocycles. The largest absolute Gasteiger partial charge is 0.335 e. The fraction of sp³-hybridized carbons (Fsp3) is 0.167. The lowest BCUT2D eigenvalue weighted by atomic mass is 10.1. The van der Waals surface area contributed by atoms with E-state index >= 15 is 0 Å². The number of carbonyl (C=O) groups excluding carboxylic acids is 1. The molecule has 1 amide bonds. The molecule has 3 aromatic rings. The Labute approximate surface area is 154 Å². The van der Waals surface area contributed by atoms with Gasteiger partial charge in [0.1, 0.15) is 5.82 Å². The molecule has 1 heterocycles. The number of hydrogen-bond donors (Lipinski definition) is 2. The lowest BCUT2D eigenvalue weighted by molar-refractivity contribution is -0.115. The van der Waals surface area contributed by atoms with Crippen LogP contribution in [0, 0.1) is 12.7 Å². The molecule has 3 rings (SSSR count). The molecule has 26 heavy (non-hydrogen) atoms. The minimum Gasteiger partial charge on any atom is -0.335 e. The van der Waals surface area contributed by atoms with Crippen LogP contribution >= 0.6 is 11.8 Å². The number of amides is 1. The number of rotatable bonds is 5. The third kappa shape index (κ3) is 4.02. The van der Waals surface area contributed by atoms with E-state index in [1.54, 1.807) is 13.0 Å². The molecule has 0 spiro atoms. The fourth-order valence-electron chi connectivity index (χ4n) is 2.28. The Balaban J connectivity index is 1.70. The molecule has 3 N–H and O–H groups in total. The summed E-state index contributed by atoms with van der Waals surface area (Å²) < 4.78 is 14.6. The molecule has 1 aromatic heterocycles. The van der Waals surface area contributed by atoms with Crippen molar-refractivity contribution in [3.05, 3.63) is 59.9 Å². The van der Waals surface area contributed by atoms with Gasteiger partial charge in [-0.25, -0.2) is 9.07 Å². The van der Waals surface area contributed by atoms with Gasteiger partial charge in [0.2, 0.25) is 11.1 Å². The maximum absolute atomic E-state index is 13.2. The summed E-state index contributed by atoms with van der Waals surface area (Å²) >= 11 is 1.18. The Hall–Kier alpha value is -2.87. The second kappa shape index (κ2) is 7.57. The third-order valence-corrected chi connectivity index (χ3v) is 4.77. The summed E-state index contributed by atoms with van der Waals surface area (Å²) in [6.07, 6.45) is 0. The van der Waals surface area contributed by atoms with E-state index in [1.165, 1.54) is 34.6 Å². The van der Waals surface area contributed by atoms with Crippen LogP contribution in [0.5, 0.6) is 0 Å². The molecule has 0 radical (unpaired) electrons. The maximum atomic E-state index is 13.2. The van der Waals surface area contributed by atoms with Crippen LogP contribution in [0.1, 0.15) is 12.5 Å². The predicted molar refractivity (Wildman–Crippen MR) is 101 cm³/mol. The minimum absolute atomic E-state index is 0.277. The molecule has 1 atom stereocenters. The Kier molecular flexibility index (Phi) is 5.22. The summed E-state index contributed by atoms with van der Waals surface area (Å²) in [6, 6.07) is 13.5. The first-order valence-electron chi connectivity index (χ1n) is 7.94. The maximum Gasteiger partial charge on any atom is 0.237 e. The van der Waals surface area contributed by atoms with Crippen LogP contribution < -0.4 is 11.2 Å². The quantitative estimate of drug-likeness (QED) is 0.531. The number of nitrogen functional groups attached to an aromatic ring is 1. The van der Waals surface area contributed by atoms with Gasteiger partial charge in [-0.15, -0.1) is 10.2 Å². The van der Waals surface area contributed by atoms with Crippen LogP contribution in [-0.4, -0.2) is 26.0 Å². The van der Waals surface area contributed by atoms with Crippen molar-refractivity contribution in [3.8, 4) is 11.4 Å². The SMILES string of the molecule is Cc1ccc(-c2nnc(SC(C)C(=O)Nc3cccc(F)c3)n2N)cc1. The zero-order valence-corrected chi connectivity index (χ0v) is 15.1. The van der Waals surface area contributed by atoms with Crippen LogP contribution in [0.15, 0.2) is 53.7 Å². The van der Waals surface area contributed by atoms with Crippen LogP contribution in [-0.2, 0) is 4.79 Å². The Morgan fingerprint density at radius 2 is 1.96 bits per heavy atom. The molecule has 0 aliphatic carbocycles. The monoisotopic (exact) mass is 371 g/mol. The van der Waals surface area contributed by atoms with Gasteiger partial charge in [-0.2, -0.15) is 0 Å². The summed E-state index contributed by atoms with van der Waals surface area (Å²) in [5.41, 5.74) is 2.38. The van der Waals surface area contributed by atoms with Crippen molar-refractivity contribution in [2.45, 2.75) is 24.3 Å². The number of aromatic nitrogens is 3. The van der Waals surface area contributed by atoms with Gasteiger partial charge in [0, 0.05) is 11.3 Å². The van der Waals surface area contributed by atoms with Gasteiger partial charge < -0.3 is 11.2 Å². The first kappa shape index (κ1) is 17.9. The number of aryl methyl sites for hydroxylation is 1. The highest BCUT2D eigenvalue weighted by Gasteiger charge is 2.20. The van der Waals surface area contributed by atoms with Gasteiger partial charge in [0.05, 0.1) is 5.25 Å². The molecule has 0 fully saturated rings. The molecule has 134 valence electrons. The normalized spacial score (nSPS) is 12.0. The van der Waals surface area contributed by atoms with Gasteiger partial charge in [-0.05, 0) is 32.0 Å². The van der Waals surface area contributed by atoms with Crippen molar-refractivity contribution < 1.29 is 9.18 Å². The number of nitrogens with zero attached hydrogens (tertiary/aromatic N) is 3. The van der Waals surface area contributed by atoms with Gasteiger partial charge in [0.15, 0.2) is 5.82 Å². The number of thioether (sulfide) groups is 1. The predicted octanol–water partition coefficient (Wildman–Crippen LogP) is 3.23. The topological polar surface area (TPSA) is 85.8 Å². The van der Waals surface area contributed by atoms with Crippen molar-refractivity contribution in [1.29, 1.82) is 0 Å². The Morgan fingerprint density at radius 3 is 2.65 bits per heavy atom.